The highest BCUT2D eigenvalue weighted by Crippen LogP contribution is 2.62. The van der Waals surface area contributed by atoms with Crippen LogP contribution >= 0.6 is 0 Å². The summed E-state index contributed by atoms with van der Waals surface area (Å²) in [5.41, 5.74) is 6.48. The Morgan fingerprint density at radius 2 is 1.00 bits per heavy atom. The molecule has 226 valence electrons. The summed E-state index contributed by atoms with van der Waals surface area (Å²) in [7, 11) is 0. The van der Waals surface area contributed by atoms with Gasteiger partial charge in [0.05, 0.1) is 11.4 Å². The molecule has 6 nitrogen and oxygen atoms in total. The molecule has 9 rings (SSSR count). The fraction of sp³-hybridized carbons (Fsp3) is 0.595. The standard InChI is InChI=1S/C37H45N3O3/c41-33-7-1-4-14-38(33)30-12-10-28(11-13-30)36-31(39-15-5-2-8-34(39)42)20-29(21-32(36)40-16-6-3-9-35(40)43)37-22-25-17-26(23-37)19-27(18-25)24-37/h10-13,20-21,25-27H,1-9,14-19,22-24H2. The molecule has 0 aromatic heterocycles. The van der Waals surface area contributed by atoms with Crippen LogP contribution in [0.5, 0.6) is 0 Å². The number of carbonyl (C=O) groups excluding carboxylic acids is 3. The van der Waals surface area contributed by atoms with Crippen molar-refractivity contribution in [2.24, 2.45) is 17.8 Å². The number of piperidine rings is 3. The Hall–Kier alpha value is -3.15. The third kappa shape index (κ3) is 4.80. The number of carbonyl (C=O) groups is 3. The molecule has 4 saturated carbocycles. The third-order valence-corrected chi connectivity index (χ3v) is 11.8. The second-order valence-corrected chi connectivity index (χ2v) is 14.6. The molecule has 6 heteroatoms. The van der Waals surface area contributed by atoms with Crippen LogP contribution in [0.4, 0.5) is 17.1 Å². The number of rotatable bonds is 5. The summed E-state index contributed by atoms with van der Waals surface area (Å²) >= 11 is 0. The first kappa shape index (κ1) is 27.4. The van der Waals surface area contributed by atoms with Crippen molar-refractivity contribution in [2.75, 3.05) is 34.3 Å². The topological polar surface area (TPSA) is 60.9 Å². The van der Waals surface area contributed by atoms with Crippen molar-refractivity contribution in [3.63, 3.8) is 0 Å². The van der Waals surface area contributed by atoms with E-state index < -0.39 is 0 Å². The van der Waals surface area contributed by atoms with Gasteiger partial charge in [0.25, 0.3) is 0 Å². The Morgan fingerprint density at radius 3 is 1.44 bits per heavy atom. The molecule has 0 spiro atoms. The van der Waals surface area contributed by atoms with Crippen LogP contribution in [-0.4, -0.2) is 37.4 Å². The van der Waals surface area contributed by atoms with Gasteiger partial charge in [-0.05, 0) is 136 Å². The minimum Gasteiger partial charge on any atom is -0.312 e. The maximum atomic E-state index is 13.6. The van der Waals surface area contributed by atoms with E-state index in [1.807, 2.05) is 14.7 Å². The quantitative estimate of drug-likeness (QED) is 0.372. The van der Waals surface area contributed by atoms with Gasteiger partial charge in [-0.25, -0.2) is 0 Å². The summed E-state index contributed by atoms with van der Waals surface area (Å²) in [5.74, 6) is 3.03. The van der Waals surface area contributed by atoms with Gasteiger partial charge in [-0.3, -0.25) is 14.4 Å². The van der Waals surface area contributed by atoms with Gasteiger partial charge in [-0.2, -0.15) is 0 Å². The van der Waals surface area contributed by atoms with E-state index >= 15 is 0 Å². The number of benzene rings is 2. The highest BCUT2D eigenvalue weighted by atomic mass is 16.2. The van der Waals surface area contributed by atoms with E-state index in [-0.39, 0.29) is 23.1 Å². The average Bonchev–Trinajstić information content (AvgIpc) is 3.01. The lowest BCUT2D eigenvalue weighted by atomic mass is 9.48. The summed E-state index contributed by atoms with van der Waals surface area (Å²) < 4.78 is 0. The number of amides is 3. The monoisotopic (exact) mass is 579 g/mol. The van der Waals surface area contributed by atoms with E-state index in [9.17, 15) is 14.4 Å². The first-order valence-corrected chi connectivity index (χ1v) is 17.2. The zero-order valence-electron chi connectivity index (χ0n) is 25.5. The molecule has 2 aromatic carbocycles. The average molecular weight is 580 g/mol. The second-order valence-electron chi connectivity index (χ2n) is 14.6. The summed E-state index contributed by atoms with van der Waals surface area (Å²) in [5, 5.41) is 0. The van der Waals surface area contributed by atoms with Crippen molar-refractivity contribution < 1.29 is 14.4 Å². The number of nitrogens with zero attached hydrogens (tertiary/aromatic N) is 3. The summed E-state index contributed by atoms with van der Waals surface area (Å²) in [4.78, 5) is 45.9. The predicted molar refractivity (Wildman–Crippen MR) is 170 cm³/mol. The van der Waals surface area contributed by atoms with Crippen molar-refractivity contribution in [1.29, 1.82) is 0 Å². The van der Waals surface area contributed by atoms with Crippen LogP contribution in [0, 0.1) is 17.8 Å². The molecule has 3 heterocycles. The Labute approximate surface area is 255 Å². The lowest BCUT2D eigenvalue weighted by Gasteiger charge is -2.57. The number of hydrogen-bond acceptors (Lipinski definition) is 3. The van der Waals surface area contributed by atoms with Crippen molar-refractivity contribution in [3.05, 3.63) is 42.0 Å². The predicted octanol–water partition coefficient (Wildman–Crippen LogP) is 7.37. The number of hydrogen-bond donors (Lipinski definition) is 0. The zero-order chi connectivity index (χ0) is 29.1. The summed E-state index contributed by atoms with van der Waals surface area (Å²) in [6, 6.07) is 13.1. The van der Waals surface area contributed by atoms with Crippen LogP contribution in [-0.2, 0) is 19.8 Å². The zero-order valence-corrected chi connectivity index (χ0v) is 25.5. The molecule has 3 saturated heterocycles. The van der Waals surface area contributed by atoms with Crippen molar-refractivity contribution in [3.8, 4) is 11.1 Å². The van der Waals surface area contributed by atoms with Gasteiger partial charge in [0.2, 0.25) is 17.7 Å². The van der Waals surface area contributed by atoms with E-state index in [0.29, 0.717) is 19.3 Å². The van der Waals surface area contributed by atoms with E-state index in [2.05, 4.69) is 36.4 Å². The van der Waals surface area contributed by atoms with Crippen LogP contribution in [0.1, 0.15) is 102 Å². The van der Waals surface area contributed by atoms with Crippen molar-refractivity contribution in [2.45, 2.75) is 102 Å². The molecule has 2 aromatic rings. The fourth-order valence-electron chi connectivity index (χ4n) is 10.1. The minimum absolute atomic E-state index is 0.160. The third-order valence-electron chi connectivity index (χ3n) is 11.8. The van der Waals surface area contributed by atoms with Gasteiger partial charge < -0.3 is 14.7 Å². The van der Waals surface area contributed by atoms with E-state index in [0.717, 1.165) is 104 Å². The molecule has 3 amide bonds. The van der Waals surface area contributed by atoms with Crippen LogP contribution in [0.2, 0.25) is 0 Å². The van der Waals surface area contributed by atoms with Gasteiger partial charge >= 0.3 is 0 Å². The van der Waals surface area contributed by atoms with E-state index in [1.165, 1.54) is 44.1 Å². The molecular formula is C37H45N3O3. The lowest BCUT2D eigenvalue weighted by Crippen LogP contribution is -2.48. The Kier molecular flexibility index (Phi) is 6.87. The van der Waals surface area contributed by atoms with E-state index in [1.54, 1.807) is 0 Å². The molecule has 4 bridgehead atoms. The molecule has 43 heavy (non-hydrogen) atoms. The number of anilines is 3. The van der Waals surface area contributed by atoms with Crippen LogP contribution in [0.25, 0.3) is 11.1 Å². The lowest BCUT2D eigenvalue weighted by molar-refractivity contribution is -0.120. The van der Waals surface area contributed by atoms with E-state index in [4.69, 9.17) is 0 Å². The molecule has 0 radical (unpaired) electrons. The first-order chi connectivity index (χ1) is 21.0. The fourth-order valence-corrected chi connectivity index (χ4v) is 10.1. The Morgan fingerprint density at radius 1 is 0.558 bits per heavy atom. The van der Waals surface area contributed by atoms with Crippen LogP contribution in [0.3, 0.4) is 0 Å². The largest absolute Gasteiger partial charge is 0.312 e. The maximum absolute atomic E-state index is 13.6. The van der Waals surface area contributed by atoms with Crippen molar-refractivity contribution in [1.82, 2.24) is 0 Å². The molecule has 0 atom stereocenters. The Bertz CT molecular complexity index is 1360. The van der Waals surface area contributed by atoms with Gasteiger partial charge in [0.15, 0.2) is 0 Å². The molecule has 0 N–H and O–H groups in total. The van der Waals surface area contributed by atoms with Crippen LogP contribution in [0.15, 0.2) is 36.4 Å². The molecule has 0 unspecified atom stereocenters. The highest BCUT2D eigenvalue weighted by Gasteiger charge is 2.52. The highest BCUT2D eigenvalue weighted by molar-refractivity contribution is 6.06. The first-order valence-electron chi connectivity index (χ1n) is 17.2. The SMILES string of the molecule is O=C1CCCCN1c1ccc(-c2c(N3CCCCC3=O)cc(C34CC5CC(CC(C5)C3)C4)cc2N2CCCCC2=O)cc1. The summed E-state index contributed by atoms with van der Waals surface area (Å²) in [6.45, 7) is 2.22. The molecule has 3 aliphatic heterocycles. The van der Waals surface area contributed by atoms with Gasteiger partial charge in [-0.1, -0.05) is 12.1 Å². The van der Waals surface area contributed by atoms with Crippen LogP contribution < -0.4 is 14.7 Å². The normalized spacial score (nSPS) is 30.8. The van der Waals surface area contributed by atoms with Gasteiger partial charge in [-0.15, -0.1) is 0 Å². The minimum atomic E-state index is 0.160. The molecule has 7 aliphatic rings. The smallest absolute Gasteiger partial charge is 0.226 e. The van der Waals surface area contributed by atoms with Gasteiger partial charge in [0, 0.05) is 50.1 Å². The maximum Gasteiger partial charge on any atom is 0.226 e. The molecule has 7 fully saturated rings. The van der Waals surface area contributed by atoms with Crippen molar-refractivity contribution >= 4 is 34.8 Å². The molecular weight excluding hydrogens is 534 g/mol. The van der Waals surface area contributed by atoms with Gasteiger partial charge in [0.1, 0.15) is 0 Å². The molecule has 4 aliphatic carbocycles. The summed E-state index contributed by atoms with van der Waals surface area (Å²) in [6.07, 6.45) is 15.5. The Balaban J connectivity index is 1.30. The second kappa shape index (κ2) is 10.8.